The molecular weight excluding hydrogens is 293 g/mol. The first kappa shape index (κ1) is 16.7. The number of rotatable bonds is 4. The highest BCUT2D eigenvalue weighted by Crippen LogP contribution is 2.28. The molecule has 1 N–H and O–H groups in total. The SMILES string of the molecule is CC(C)c1ccc(N2CCC[C@](O)(CN3CC[C@H](F)C3)C2)cn1. The maximum atomic E-state index is 13.4. The lowest BCUT2D eigenvalue weighted by molar-refractivity contribution is -0.00332. The third kappa shape index (κ3) is 4.01. The summed E-state index contributed by atoms with van der Waals surface area (Å²) in [6, 6.07) is 4.17. The number of likely N-dealkylation sites (tertiary alicyclic amines) is 1. The molecule has 2 aliphatic heterocycles. The van der Waals surface area contributed by atoms with E-state index < -0.39 is 11.8 Å². The van der Waals surface area contributed by atoms with E-state index in [0.717, 1.165) is 37.3 Å². The normalized spacial score (nSPS) is 29.4. The molecule has 23 heavy (non-hydrogen) atoms. The lowest BCUT2D eigenvalue weighted by Crippen LogP contribution is -2.54. The van der Waals surface area contributed by atoms with Crippen molar-refractivity contribution in [1.29, 1.82) is 0 Å². The van der Waals surface area contributed by atoms with Gasteiger partial charge in [-0.25, -0.2) is 4.39 Å². The maximum absolute atomic E-state index is 13.4. The topological polar surface area (TPSA) is 39.6 Å². The van der Waals surface area contributed by atoms with E-state index in [-0.39, 0.29) is 0 Å². The first-order valence-electron chi connectivity index (χ1n) is 8.75. The fourth-order valence-corrected chi connectivity index (χ4v) is 3.73. The Morgan fingerprint density at radius 3 is 2.83 bits per heavy atom. The first-order chi connectivity index (χ1) is 11.0. The standard InChI is InChI=1S/C18H28FN3O/c1-14(2)17-5-4-16(10-20-17)22-8-3-7-18(23,13-22)12-21-9-6-15(19)11-21/h4-5,10,14-15,23H,3,6-9,11-13H2,1-2H3/t15-,18-/m0/s1. The Balaban J connectivity index is 1.65. The van der Waals surface area contributed by atoms with E-state index in [1.807, 2.05) is 6.20 Å². The summed E-state index contributed by atoms with van der Waals surface area (Å²) >= 11 is 0. The molecule has 0 bridgehead atoms. The van der Waals surface area contributed by atoms with Crippen molar-refractivity contribution in [1.82, 2.24) is 9.88 Å². The molecule has 1 aromatic rings. The van der Waals surface area contributed by atoms with Gasteiger partial charge in [-0.1, -0.05) is 13.8 Å². The maximum Gasteiger partial charge on any atom is 0.114 e. The first-order valence-corrected chi connectivity index (χ1v) is 8.75. The highest BCUT2D eigenvalue weighted by molar-refractivity contribution is 5.46. The molecule has 2 fully saturated rings. The van der Waals surface area contributed by atoms with Crippen molar-refractivity contribution in [3.63, 3.8) is 0 Å². The highest BCUT2D eigenvalue weighted by atomic mass is 19.1. The van der Waals surface area contributed by atoms with Crippen LogP contribution in [0.3, 0.4) is 0 Å². The summed E-state index contributed by atoms with van der Waals surface area (Å²) < 4.78 is 13.4. The summed E-state index contributed by atoms with van der Waals surface area (Å²) in [5.41, 5.74) is 1.41. The molecule has 0 aromatic carbocycles. The van der Waals surface area contributed by atoms with Crippen molar-refractivity contribution in [3.05, 3.63) is 24.0 Å². The monoisotopic (exact) mass is 321 g/mol. The van der Waals surface area contributed by atoms with Gasteiger partial charge in [0, 0.05) is 38.4 Å². The Bertz CT molecular complexity index is 522. The second-order valence-corrected chi connectivity index (χ2v) is 7.47. The van der Waals surface area contributed by atoms with Gasteiger partial charge in [-0.15, -0.1) is 0 Å². The smallest absolute Gasteiger partial charge is 0.114 e. The molecule has 0 saturated carbocycles. The average Bonchev–Trinajstić information content (AvgIpc) is 2.91. The molecule has 2 saturated heterocycles. The van der Waals surface area contributed by atoms with Crippen LogP contribution in [-0.4, -0.2) is 59.5 Å². The molecule has 128 valence electrons. The molecule has 5 heteroatoms. The van der Waals surface area contributed by atoms with E-state index in [9.17, 15) is 9.50 Å². The third-order valence-corrected chi connectivity index (χ3v) is 5.02. The van der Waals surface area contributed by atoms with E-state index in [4.69, 9.17) is 0 Å². The summed E-state index contributed by atoms with van der Waals surface area (Å²) in [5, 5.41) is 11.0. The van der Waals surface area contributed by atoms with E-state index in [1.165, 1.54) is 0 Å². The summed E-state index contributed by atoms with van der Waals surface area (Å²) in [5.74, 6) is 0.422. The van der Waals surface area contributed by atoms with Gasteiger partial charge < -0.3 is 10.0 Å². The third-order valence-electron chi connectivity index (χ3n) is 5.02. The van der Waals surface area contributed by atoms with Gasteiger partial charge in [-0.05, 0) is 37.3 Å². The summed E-state index contributed by atoms with van der Waals surface area (Å²) in [6.45, 7) is 7.61. The summed E-state index contributed by atoms with van der Waals surface area (Å²) in [4.78, 5) is 8.81. The van der Waals surface area contributed by atoms with E-state index in [2.05, 4.69) is 40.8 Å². The molecule has 4 nitrogen and oxygen atoms in total. The van der Waals surface area contributed by atoms with Gasteiger partial charge in [-0.3, -0.25) is 9.88 Å². The lowest BCUT2D eigenvalue weighted by Gasteiger charge is -2.42. The molecule has 0 aliphatic carbocycles. The Kier molecular flexibility index (Phi) is 4.87. The largest absolute Gasteiger partial charge is 0.387 e. The Morgan fingerprint density at radius 2 is 2.22 bits per heavy atom. The number of nitrogens with zero attached hydrogens (tertiary/aromatic N) is 3. The molecule has 3 heterocycles. The lowest BCUT2D eigenvalue weighted by atomic mass is 9.92. The number of hydrogen-bond acceptors (Lipinski definition) is 4. The zero-order valence-electron chi connectivity index (χ0n) is 14.2. The Hall–Kier alpha value is -1.20. The highest BCUT2D eigenvalue weighted by Gasteiger charge is 2.37. The van der Waals surface area contributed by atoms with Crippen molar-refractivity contribution >= 4 is 5.69 Å². The number of piperidine rings is 1. The number of alkyl halides is 1. The molecule has 0 radical (unpaired) electrons. The zero-order chi connectivity index (χ0) is 16.4. The minimum absolute atomic E-state index is 0.422. The molecule has 3 rings (SSSR count). The Labute approximate surface area is 138 Å². The molecular formula is C18H28FN3O. The fraction of sp³-hybridized carbons (Fsp3) is 0.722. The van der Waals surface area contributed by atoms with Crippen LogP contribution in [0.15, 0.2) is 18.3 Å². The van der Waals surface area contributed by atoms with Crippen molar-refractivity contribution in [2.75, 3.05) is 37.6 Å². The molecule has 0 spiro atoms. The molecule has 1 aromatic heterocycles. The van der Waals surface area contributed by atoms with Gasteiger partial charge in [-0.2, -0.15) is 0 Å². The van der Waals surface area contributed by atoms with Crippen LogP contribution in [0, 0.1) is 0 Å². The van der Waals surface area contributed by atoms with Crippen molar-refractivity contribution in [2.45, 2.75) is 50.8 Å². The number of pyridine rings is 1. The van der Waals surface area contributed by atoms with Crippen molar-refractivity contribution in [3.8, 4) is 0 Å². The number of halogens is 1. The van der Waals surface area contributed by atoms with Gasteiger partial charge >= 0.3 is 0 Å². The van der Waals surface area contributed by atoms with Gasteiger partial charge in [0.2, 0.25) is 0 Å². The van der Waals surface area contributed by atoms with Crippen LogP contribution in [0.5, 0.6) is 0 Å². The van der Waals surface area contributed by atoms with Crippen LogP contribution < -0.4 is 4.90 Å². The predicted molar refractivity (Wildman–Crippen MR) is 90.7 cm³/mol. The number of anilines is 1. The second kappa shape index (κ2) is 6.73. The van der Waals surface area contributed by atoms with Gasteiger partial charge in [0.05, 0.1) is 17.5 Å². The average molecular weight is 321 g/mol. The van der Waals surface area contributed by atoms with Crippen molar-refractivity contribution < 1.29 is 9.50 Å². The van der Waals surface area contributed by atoms with E-state index in [0.29, 0.717) is 32.0 Å². The minimum atomic E-state index is -0.751. The van der Waals surface area contributed by atoms with E-state index in [1.54, 1.807) is 0 Å². The summed E-state index contributed by atoms with van der Waals surface area (Å²) in [7, 11) is 0. The Morgan fingerprint density at radius 1 is 1.39 bits per heavy atom. The van der Waals surface area contributed by atoms with Crippen molar-refractivity contribution in [2.24, 2.45) is 0 Å². The summed E-state index contributed by atoms with van der Waals surface area (Å²) in [6.07, 6.45) is 3.52. The van der Waals surface area contributed by atoms with Gasteiger partial charge in [0.25, 0.3) is 0 Å². The van der Waals surface area contributed by atoms with Crippen LogP contribution in [0.1, 0.15) is 44.7 Å². The molecule has 0 amide bonds. The second-order valence-electron chi connectivity index (χ2n) is 7.47. The van der Waals surface area contributed by atoms with Crippen LogP contribution in [0.4, 0.5) is 10.1 Å². The van der Waals surface area contributed by atoms with Crippen LogP contribution >= 0.6 is 0 Å². The van der Waals surface area contributed by atoms with Crippen LogP contribution in [0.25, 0.3) is 0 Å². The quantitative estimate of drug-likeness (QED) is 0.925. The fourth-order valence-electron chi connectivity index (χ4n) is 3.73. The van der Waals surface area contributed by atoms with Gasteiger partial charge in [0.1, 0.15) is 6.17 Å². The molecule has 2 aliphatic rings. The molecule has 0 unspecified atom stereocenters. The predicted octanol–water partition coefficient (Wildman–Crippen LogP) is 2.58. The van der Waals surface area contributed by atoms with Crippen LogP contribution in [-0.2, 0) is 0 Å². The van der Waals surface area contributed by atoms with Crippen LogP contribution in [0.2, 0.25) is 0 Å². The zero-order valence-corrected chi connectivity index (χ0v) is 14.2. The number of hydrogen-bond donors (Lipinski definition) is 1. The number of aromatic nitrogens is 1. The van der Waals surface area contributed by atoms with Gasteiger partial charge in [0.15, 0.2) is 0 Å². The number of aliphatic hydroxyl groups is 1. The minimum Gasteiger partial charge on any atom is -0.387 e. The molecule has 2 atom stereocenters. The number of β-amino-alcohol motifs (C(OH)–C–C–N with tert-alkyl or cyclic N) is 1. The van der Waals surface area contributed by atoms with E-state index >= 15 is 0 Å².